The first-order valence-electron chi connectivity index (χ1n) is 9.29. The van der Waals surface area contributed by atoms with Crippen LogP contribution in [0.3, 0.4) is 0 Å². The molecule has 1 aliphatic rings. The van der Waals surface area contributed by atoms with Gasteiger partial charge in [0.1, 0.15) is 0 Å². The zero-order valence-electron chi connectivity index (χ0n) is 15.8. The van der Waals surface area contributed by atoms with Gasteiger partial charge in [0.05, 0.1) is 32.5 Å². The van der Waals surface area contributed by atoms with Crippen molar-refractivity contribution >= 4 is 56.5 Å². The van der Waals surface area contributed by atoms with Crippen LogP contribution < -0.4 is 10.0 Å². The summed E-state index contributed by atoms with van der Waals surface area (Å²) in [6.07, 6.45) is 2.59. The van der Waals surface area contributed by atoms with Crippen molar-refractivity contribution in [2.75, 3.05) is 10.0 Å². The van der Waals surface area contributed by atoms with Crippen LogP contribution in [0, 0.1) is 11.8 Å². The SMILES string of the molecule is O=C(O)[C@H]1CCCC[C@H]1C(=O)Nc1ccc(S(=O)(=O)Nc2ccc(Cl)c(Cl)c2)cc1. The average molecular weight is 471 g/mol. The molecule has 10 heteroatoms. The zero-order valence-corrected chi connectivity index (χ0v) is 18.1. The number of hydrogen-bond acceptors (Lipinski definition) is 4. The van der Waals surface area contributed by atoms with Crippen LogP contribution in [-0.4, -0.2) is 25.4 Å². The highest BCUT2D eigenvalue weighted by Gasteiger charge is 2.35. The van der Waals surface area contributed by atoms with Crippen molar-refractivity contribution in [1.29, 1.82) is 0 Å². The molecule has 0 radical (unpaired) electrons. The van der Waals surface area contributed by atoms with Crippen molar-refractivity contribution in [1.82, 2.24) is 0 Å². The predicted octanol–water partition coefficient (Wildman–Crippen LogP) is 4.62. The van der Waals surface area contributed by atoms with E-state index in [0.717, 1.165) is 12.8 Å². The number of carboxylic acid groups (broad SMARTS) is 1. The lowest BCUT2D eigenvalue weighted by Crippen LogP contribution is -2.36. The number of hydrogen-bond donors (Lipinski definition) is 3. The van der Waals surface area contributed by atoms with E-state index in [-0.39, 0.29) is 21.5 Å². The van der Waals surface area contributed by atoms with Crippen molar-refractivity contribution in [3.05, 3.63) is 52.5 Å². The Morgan fingerprint density at radius 2 is 1.50 bits per heavy atom. The molecule has 0 aromatic heterocycles. The molecule has 1 fully saturated rings. The monoisotopic (exact) mass is 470 g/mol. The highest BCUT2D eigenvalue weighted by atomic mass is 35.5. The Hall–Kier alpha value is -2.29. The van der Waals surface area contributed by atoms with Crippen LogP contribution in [0.25, 0.3) is 0 Å². The molecule has 160 valence electrons. The highest BCUT2D eigenvalue weighted by molar-refractivity contribution is 7.92. The molecule has 2 aromatic rings. The number of sulfonamides is 1. The molecule has 0 aliphatic heterocycles. The molecule has 0 spiro atoms. The number of rotatable bonds is 6. The molecule has 30 heavy (non-hydrogen) atoms. The zero-order chi connectivity index (χ0) is 21.9. The Bertz CT molecular complexity index is 1060. The van der Waals surface area contributed by atoms with Crippen LogP contribution in [-0.2, 0) is 19.6 Å². The fraction of sp³-hybridized carbons (Fsp3) is 0.300. The van der Waals surface area contributed by atoms with Crippen LogP contribution in [0.5, 0.6) is 0 Å². The molecule has 1 amide bonds. The van der Waals surface area contributed by atoms with Crippen molar-refractivity contribution in [3.8, 4) is 0 Å². The van der Waals surface area contributed by atoms with Gasteiger partial charge in [0.15, 0.2) is 0 Å². The number of carbonyl (C=O) groups excluding carboxylic acids is 1. The van der Waals surface area contributed by atoms with E-state index in [1.807, 2.05) is 0 Å². The standard InChI is InChI=1S/C20H20Cl2N2O5S/c21-17-10-7-13(11-18(17)22)24-30(28,29)14-8-5-12(6-9-14)23-19(25)15-3-1-2-4-16(15)20(26)27/h5-11,15-16,24H,1-4H2,(H,23,25)(H,26,27)/t15-,16+/m1/s1. The first-order chi connectivity index (χ1) is 14.2. The predicted molar refractivity (Wildman–Crippen MR) is 115 cm³/mol. The van der Waals surface area contributed by atoms with Gasteiger partial charge in [0.25, 0.3) is 10.0 Å². The number of carbonyl (C=O) groups is 2. The third kappa shape index (κ3) is 5.24. The molecule has 1 saturated carbocycles. The van der Waals surface area contributed by atoms with Crippen LogP contribution in [0.2, 0.25) is 10.0 Å². The van der Waals surface area contributed by atoms with Gasteiger partial charge in [0.2, 0.25) is 5.91 Å². The highest BCUT2D eigenvalue weighted by Crippen LogP contribution is 2.31. The Morgan fingerprint density at radius 1 is 0.900 bits per heavy atom. The van der Waals surface area contributed by atoms with Gasteiger partial charge < -0.3 is 10.4 Å². The van der Waals surface area contributed by atoms with E-state index in [2.05, 4.69) is 10.0 Å². The summed E-state index contributed by atoms with van der Waals surface area (Å²) in [6, 6.07) is 9.99. The third-order valence-corrected chi connectivity index (χ3v) is 7.16. The van der Waals surface area contributed by atoms with E-state index in [9.17, 15) is 23.1 Å². The quantitative estimate of drug-likeness (QED) is 0.569. The van der Waals surface area contributed by atoms with Gasteiger partial charge in [-0.15, -0.1) is 0 Å². The lowest BCUT2D eigenvalue weighted by molar-refractivity contribution is -0.147. The van der Waals surface area contributed by atoms with Gasteiger partial charge >= 0.3 is 5.97 Å². The number of amides is 1. The molecule has 0 heterocycles. The smallest absolute Gasteiger partial charge is 0.307 e. The molecule has 1 aliphatic carbocycles. The summed E-state index contributed by atoms with van der Waals surface area (Å²) >= 11 is 11.7. The second-order valence-corrected chi connectivity index (χ2v) is 9.58. The molecule has 2 aromatic carbocycles. The van der Waals surface area contributed by atoms with Crippen LogP contribution in [0.15, 0.2) is 47.4 Å². The largest absolute Gasteiger partial charge is 0.481 e. The molecular formula is C20H20Cl2N2O5S. The average Bonchev–Trinajstić information content (AvgIpc) is 2.71. The summed E-state index contributed by atoms with van der Waals surface area (Å²) in [7, 11) is -3.87. The van der Waals surface area contributed by atoms with Gasteiger partial charge in [0, 0.05) is 5.69 Å². The van der Waals surface area contributed by atoms with Crippen molar-refractivity contribution in [3.63, 3.8) is 0 Å². The van der Waals surface area contributed by atoms with E-state index < -0.39 is 27.8 Å². The summed E-state index contributed by atoms with van der Waals surface area (Å²) in [5.74, 6) is -2.64. The Labute approximate surface area is 184 Å². The van der Waals surface area contributed by atoms with Crippen molar-refractivity contribution in [2.45, 2.75) is 30.6 Å². The molecule has 2 atom stereocenters. The lowest BCUT2D eigenvalue weighted by Gasteiger charge is -2.27. The number of nitrogens with one attached hydrogen (secondary N) is 2. The van der Waals surface area contributed by atoms with E-state index in [1.54, 1.807) is 0 Å². The van der Waals surface area contributed by atoms with Gasteiger partial charge in [-0.3, -0.25) is 14.3 Å². The molecule has 3 rings (SSSR count). The molecule has 0 bridgehead atoms. The van der Waals surface area contributed by atoms with Gasteiger partial charge in [-0.25, -0.2) is 8.42 Å². The number of benzene rings is 2. The van der Waals surface area contributed by atoms with Crippen LogP contribution >= 0.6 is 23.2 Å². The third-order valence-electron chi connectivity index (χ3n) is 5.02. The van der Waals surface area contributed by atoms with Gasteiger partial charge in [-0.1, -0.05) is 36.0 Å². The first-order valence-corrected chi connectivity index (χ1v) is 11.5. The molecule has 7 nitrogen and oxygen atoms in total. The lowest BCUT2D eigenvalue weighted by atomic mass is 9.78. The Balaban J connectivity index is 1.70. The summed E-state index contributed by atoms with van der Waals surface area (Å²) < 4.78 is 27.5. The van der Waals surface area contributed by atoms with Gasteiger partial charge in [-0.05, 0) is 55.3 Å². The fourth-order valence-corrected chi connectivity index (χ4v) is 4.81. The van der Waals surface area contributed by atoms with Crippen LogP contribution in [0.4, 0.5) is 11.4 Å². The summed E-state index contributed by atoms with van der Waals surface area (Å²) in [5, 5.41) is 12.6. The van der Waals surface area contributed by atoms with Crippen LogP contribution in [0.1, 0.15) is 25.7 Å². The summed E-state index contributed by atoms with van der Waals surface area (Å²) in [4.78, 5) is 23.9. The van der Waals surface area contributed by atoms with Crippen molar-refractivity contribution < 1.29 is 23.1 Å². The summed E-state index contributed by atoms with van der Waals surface area (Å²) in [6.45, 7) is 0. The maximum absolute atomic E-state index is 12.6. The molecule has 0 saturated heterocycles. The first kappa shape index (κ1) is 22.4. The number of halogens is 2. The number of anilines is 2. The Kier molecular flexibility index (Phi) is 6.90. The van der Waals surface area contributed by atoms with E-state index in [0.29, 0.717) is 23.6 Å². The molecule has 3 N–H and O–H groups in total. The van der Waals surface area contributed by atoms with E-state index >= 15 is 0 Å². The minimum Gasteiger partial charge on any atom is -0.481 e. The normalized spacial score (nSPS) is 19.1. The Morgan fingerprint density at radius 3 is 2.10 bits per heavy atom. The second-order valence-electron chi connectivity index (χ2n) is 7.08. The van der Waals surface area contributed by atoms with Crippen molar-refractivity contribution in [2.24, 2.45) is 11.8 Å². The number of aliphatic carboxylic acids is 1. The number of carboxylic acids is 1. The maximum Gasteiger partial charge on any atom is 0.307 e. The maximum atomic E-state index is 12.6. The minimum absolute atomic E-state index is 0.00681. The van der Waals surface area contributed by atoms with E-state index in [1.165, 1.54) is 42.5 Å². The topological polar surface area (TPSA) is 113 Å². The molecule has 0 unspecified atom stereocenters. The fourth-order valence-electron chi connectivity index (χ4n) is 3.47. The van der Waals surface area contributed by atoms with E-state index in [4.69, 9.17) is 23.2 Å². The van der Waals surface area contributed by atoms with Gasteiger partial charge in [-0.2, -0.15) is 0 Å². The molecular weight excluding hydrogens is 451 g/mol. The second kappa shape index (κ2) is 9.24. The summed E-state index contributed by atoms with van der Waals surface area (Å²) in [5.41, 5.74) is 0.655. The minimum atomic E-state index is -3.87.